The Bertz CT molecular complexity index is 1380. The van der Waals surface area contributed by atoms with Crippen molar-refractivity contribution in [2.45, 2.75) is 21.8 Å². The standard InChI is InChI=1S/C21H25N5O6S4.ClH/c27-20(24-28)17-15-25(35(29,30)14-4-13-33-21-22-9-10-23-21)11-12-26(17)36(31,32)19-8-7-18(34-19)16-5-2-1-3-6-16;/h1-3,5-10,17,28H,4,11-15H2,(H,22,23)(H,24,27);1H/t17-;/m1./s1. The lowest BCUT2D eigenvalue weighted by atomic mass is 10.2. The van der Waals surface area contributed by atoms with Gasteiger partial charge < -0.3 is 4.98 Å². The topological polar surface area (TPSA) is 153 Å². The Morgan fingerprint density at radius 3 is 2.59 bits per heavy atom. The predicted octanol–water partition coefficient (Wildman–Crippen LogP) is 2.25. The second kappa shape index (κ2) is 12.7. The van der Waals surface area contributed by atoms with Crippen LogP contribution in [0.5, 0.6) is 0 Å². The van der Waals surface area contributed by atoms with Crippen LogP contribution in [-0.2, 0) is 24.8 Å². The highest BCUT2D eigenvalue weighted by Crippen LogP contribution is 2.33. The van der Waals surface area contributed by atoms with Crippen molar-refractivity contribution in [3.63, 3.8) is 0 Å². The van der Waals surface area contributed by atoms with Crippen LogP contribution in [0.1, 0.15) is 6.42 Å². The number of rotatable bonds is 10. The van der Waals surface area contributed by atoms with Gasteiger partial charge in [0.15, 0.2) is 5.16 Å². The molecule has 1 atom stereocenters. The molecule has 0 bridgehead atoms. The average Bonchev–Trinajstić information content (AvgIpc) is 3.59. The lowest BCUT2D eigenvalue weighted by molar-refractivity contribution is -0.134. The second-order valence-corrected chi connectivity index (χ2v) is 14.2. The van der Waals surface area contributed by atoms with E-state index < -0.39 is 38.5 Å². The zero-order valence-corrected chi connectivity index (χ0v) is 23.5. The van der Waals surface area contributed by atoms with Crippen molar-refractivity contribution in [3.8, 4) is 10.4 Å². The third-order valence-corrected chi connectivity index (χ3v) is 12.0. The van der Waals surface area contributed by atoms with Crippen LogP contribution in [0.15, 0.2) is 64.2 Å². The maximum absolute atomic E-state index is 13.4. The largest absolute Gasteiger partial charge is 0.340 e. The number of thioether (sulfide) groups is 1. The molecule has 1 aliphatic rings. The normalized spacial score (nSPS) is 17.3. The summed E-state index contributed by atoms with van der Waals surface area (Å²) in [5.41, 5.74) is 2.34. The summed E-state index contributed by atoms with van der Waals surface area (Å²) in [6.07, 6.45) is 3.63. The smallest absolute Gasteiger partial charge is 0.263 e. The minimum absolute atomic E-state index is 0. The van der Waals surface area contributed by atoms with Crippen LogP contribution in [0, 0.1) is 0 Å². The molecule has 0 spiro atoms. The molecule has 16 heteroatoms. The number of carbonyl (C=O) groups is 1. The summed E-state index contributed by atoms with van der Waals surface area (Å²) in [5.74, 6) is -0.637. The van der Waals surface area contributed by atoms with Gasteiger partial charge in [-0.25, -0.2) is 27.3 Å². The number of piperazine rings is 1. The number of sulfonamides is 2. The average molecular weight is 608 g/mol. The first-order valence-corrected chi connectivity index (χ1v) is 15.8. The van der Waals surface area contributed by atoms with Gasteiger partial charge in [0.2, 0.25) is 10.0 Å². The monoisotopic (exact) mass is 607 g/mol. The molecule has 0 radical (unpaired) electrons. The van der Waals surface area contributed by atoms with Crippen molar-refractivity contribution < 1.29 is 26.8 Å². The molecular weight excluding hydrogens is 582 g/mol. The quantitative estimate of drug-likeness (QED) is 0.137. The van der Waals surface area contributed by atoms with Crippen molar-refractivity contribution in [3.05, 3.63) is 54.9 Å². The van der Waals surface area contributed by atoms with E-state index >= 15 is 0 Å². The fourth-order valence-electron chi connectivity index (χ4n) is 3.77. The number of imidazole rings is 1. The minimum atomic E-state index is -4.12. The maximum Gasteiger partial charge on any atom is 0.263 e. The molecule has 3 N–H and O–H groups in total. The number of amides is 1. The lowest BCUT2D eigenvalue weighted by Crippen LogP contribution is -2.61. The van der Waals surface area contributed by atoms with E-state index in [4.69, 9.17) is 0 Å². The summed E-state index contributed by atoms with van der Waals surface area (Å²) in [7, 11) is -7.88. The Morgan fingerprint density at radius 1 is 1.16 bits per heavy atom. The van der Waals surface area contributed by atoms with Crippen molar-refractivity contribution in [2.75, 3.05) is 31.1 Å². The van der Waals surface area contributed by atoms with E-state index in [1.807, 2.05) is 30.3 Å². The molecule has 202 valence electrons. The summed E-state index contributed by atoms with van der Waals surface area (Å²) >= 11 is 2.45. The fourth-order valence-corrected chi connectivity index (χ4v) is 9.23. The molecule has 0 aliphatic carbocycles. The van der Waals surface area contributed by atoms with Crippen LogP contribution in [0.3, 0.4) is 0 Å². The van der Waals surface area contributed by atoms with Crippen molar-refractivity contribution >= 4 is 61.5 Å². The molecule has 1 saturated heterocycles. The number of nitrogens with zero attached hydrogens (tertiary/aromatic N) is 3. The van der Waals surface area contributed by atoms with E-state index in [1.165, 1.54) is 23.3 Å². The number of hydrogen-bond donors (Lipinski definition) is 3. The van der Waals surface area contributed by atoms with Gasteiger partial charge in [0.05, 0.1) is 5.75 Å². The van der Waals surface area contributed by atoms with Crippen LogP contribution < -0.4 is 5.48 Å². The van der Waals surface area contributed by atoms with Crippen LogP contribution in [0.25, 0.3) is 10.4 Å². The van der Waals surface area contributed by atoms with Crippen LogP contribution in [0.2, 0.25) is 0 Å². The fraction of sp³-hybridized carbons (Fsp3) is 0.333. The molecule has 3 aromatic rings. The van der Waals surface area contributed by atoms with Crippen LogP contribution >= 0.6 is 35.5 Å². The number of aromatic amines is 1. The summed E-state index contributed by atoms with van der Waals surface area (Å²) in [5, 5.41) is 9.94. The van der Waals surface area contributed by atoms with E-state index in [-0.39, 0.29) is 35.5 Å². The van der Waals surface area contributed by atoms with Crippen molar-refractivity contribution in [1.29, 1.82) is 0 Å². The highest BCUT2D eigenvalue weighted by Gasteiger charge is 2.43. The molecule has 4 rings (SSSR count). The Kier molecular flexibility index (Phi) is 10.2. The zero-order valence-electron chi connectivity index (χ0n) is 19.4. The number of H-pyrrole nitrogens is 1. The Labute approximate surface area is 229 Å². The Balaban J connectivity index is 0.00000380. The summed E-state index contributed by atoms with van der Waals surface area (Å²) in [6, 6.07) is 11.0. The van der Waals surface area contributed by atoms with Gasteiger partial charge in [-0.05, 0) is 24.1 Å². The number of nitrogens with one attached hydrogen (secondary N) is 2. The SMILES string of the molecule is Cl.O=C(NO)[C@H]1CN(S(=O)(=O)CCCSc2ncc[nH]2)CCN1S(=O)(=O)c1ccc(-c2ccccc2)s1. The van der Waals surface area contributed by atoms with Crippen molar-refractivity contribution in [1.82, 2.24) is 24.1 Å². The van der Waals surface area contributed by atoms with E-state index in [0.717, 1.165) is 30.4 Å². The number of halogens is 1. The lowest BCUT2D eigenvalue weighted by Gasteiger charge is -2.38. The second-order valence-electron chi connectivity index (χ2n) is 7.86. The molecule has 37 heavy (non-hydrogen) atoms. The molecule has 11 nitrogen and oxygen atoms in total. The van der Waals surface area contributed by atoms with Gasteiger partial charge in [-0.1, -0.05) is 42.1 Å². The first-order chi connectivity index (χ1) is 17.2. The molecular formula is C21H26ClN5O6S4. The number of aromatic nitrogens is 2. The van der Waals surface area contributed by atoms with Crippen LogP contribution in [-0.4, -0.2) is 83.7 Å². The molecule has 3 heterocycles. The van der Waals surface area contributed by atoms with Gasteiger partial charge in [0.1, 0.15) is 10.3 Å². The molecule has 0 unspecified atom stereocenters. The predicted molar refractivity (Wildman–Crippen MR) is 144 cm³/mol. The molecule has 1 aromatic carbocycles. The number of benzene rings is 1. The van der Waals surface area contributed by atoms with Crippen molar-refractivity contribution in [2.24, 2.45) is 0 Å². The van der Waals surface area contributed by atoms with E-state index in [2.05, 4.69) is 9.97 Å². The molecule has 1 fully saturated rings. The van der Waals surface area contributed by atoms with Gasteiger partial charge in [-0.3, -0.25) is 10.0 Å². The van der Waals surface area contributed by atoms with Gasteiger partial charge in [0.25, 0.3) is 15.9 Å². The third kappa shape index (κ3) is 6.92. The van der Waals surface area contributed by atoms with Gasteiger partial charge in [0, 0.05) is 42.7 Å². The van der Waals surface area contributed by atoms with E-state index in [1.54, 1.807) is 18.5 Å². The van der Waals surface area contributed by atoms with E-state index in [9.17, 15) is 26.8 Å². The van der Waals surface area contributed by atoms with E-state index in [0.29, 0.717) is 17.3 Å². The maximum atomic E-state index is 13.4. The minimum Gasteiger partial charge on any atom is -0.340 e. The Hall–Kier alpha value is -1.98. The first-order valence-electron chi connectivity index (χ1n) is 10.9. The number of hydroxylamine groups is 1. The zero-order chi connectivity index (χ0) is 25.8. The summed E-state index contributed by atoms with van der Waals surface area (Å²) < 4.78 is 54.8. The molecule has 2 aromatic heterocycles. The molecule has 1 amide bonds. The highest BCUT2D eigenvalue weighted by atomic mass is 35.5. The summed E-state index contributed by atoms with van der Waals surface area (Å²) in [4.78, 5) is 20.2. The van der Waals surface area contributed by atoms with Crippen LogP contribution in [0.4, 0.5) is 0 Å². The highest BCUT2D eigenvalue weighted by molar-refractivity contribution is 7.99. The van der Waals surface area contributed by atoms with Gasteiger partial charge >= 0.3 is 0 Å². The third-order valence-electron chi connectivity index (χ3n) is 5.56. The number of hydrogen-bond acceptors (Lipinski definition) is 9. The number of carbonyl (C=O) groups excluding carboxylic acids is 1. The molecule has 0 saturated carbocycles. The summed E-state index contributed by atoms with van der Waals surface area (Å²) in [6.45, 7) is -0.714. The first kappa shape index (κ1) is 29.6. The molecule has 1 aliphatic heterocycles. The van der Waals surface area contributed by atoms with Gasteiger partial charge in [-0.2, -0.15) is 8.61 Å². The Morgan fingerprint density at radius 2 is 1.92 bits per heavy atom. The van der Waals surface area contributed by atoms with Gasteiger partial charge in [-0.15, -0.1) is 23.7 Å². The number of thiophene rings is 1.